The summed E-state index contributed by atoms with van der Waals surface area (Å²) in [5.41, 5.74) is 6.84. The number of hydrogen-bond acceptors (Lipinski definition) is 2. The number of H-pyrrole nitrogens is 1. The van der Waals surface area contributed by atoms with E-state index in [1.807, 2.05) is 49.4 Å². The summed E-state index contributed by atoms with van der Waals surface area (Å²) >= 11 is 6.11. The van der Waals surface area contributed by atoms with E-state index < -0.39 is 11.9 Å². The molecule has 0 bridgehead atoms. The third-order valence-corrected chi connectivity index (χ3v) is 4.19. The molecule has 0 aliphatic heterocycles. The molecular formula is C18H17ClN4O2. The molecule has 1 atom stereocenters. The van der Waals surface area contributed by atoms with Crippen molar-refractivity contribution in [3.05, 3.63) is 70.9 Å². The van der Waals surface area contributed by atoms with Crippen LogP contribution in [0.15, 0.2) is 54.7 Å². The first-order valence-electron chi connectivity index (χ1n) is 7.73. The predicted molar refractivity (Wildman–Crippen MR) is 97.3 cm³/mol. The van der Waals surface area contributed by atoms with E-state index >= 15 is 0 Å². The number of benzene rings is 2. The number of para-hydroxylation sites is 1. The zero-order valence-electron chi connectivity index (χ0n) is 13.5. The third kappa shape index (κ3) is 3.75. The Morgan fingerprint density at radius 1 is 1.04 bits per heavy atom. The van der Waals surface area contributed by atoms with E-state index in [2.05, 4.69) is 21.2 Å². The molecule has 3 aromatic rings. The van der Waals surface area contributed by atoms with Crippen LogP contribution in [0.5, 0.6) is 0 Å². The molecule has 0 saturated carbocycles. The SMILES string of the molecule is CC(NC(=O)NNC(=O)c1c[nH]c2ccccc12)c1ccccc1Cl. The molecular weight excluding hydrogens is 340 g/mol. The van der Waals surface area contributed by atoms with E-state index in [0.717, 1.165) is 16.5 Å². The van der Waals surface area contributed by atoms with Crippen LogP contribution in [0.1, 0.15) is 28.9 Å². The van der Waals surface area contributed by atoms with E-state index in [9.17, 15) is 9.59 Å². The van der Waals surface area contributed by atoms with Crippen molar-refractivity contribution in [2.75, 3.05) is 0 Å². The first-order valence-corrected chi connectivity index (χ1v) is 8.11. The molecule has 7 heteroatoms. The smallest absolute Gasteiger partial charge is 0.333 e. The van der Waals surface area contributed by atoms with Crippen LogP contribution < -0.4 is 16.2 Å². The lowest BCUT2D eigenvalue weighted by atomic mass is 10.1. The van der Waals surface area contributed by atoms with Crippen LogP contribution in [0, 0.1) is 0 Å². The van der Waals surface area contributed by atoms with Crippen molar-refractivity contribution in [3.63, 3.8) is 0 Å². The van der Waals surface area contributed by atoms with E-state index in [-0.39, 0.29) is 6.04 Å². The standard InChI is InChI=1S/C18H17ClN4O2/c1-11(12-6-2-4-8-15(12)19)21-18(25)23-22-17(24)14-10-20-16-9-5-3-7-13(14)16/h2-11,20H,1H3,(H,22,24)(H2,21,23,25). The van der Waals surface area contributed by atoms with Crippen molar-refractivity contribution < 1.29 is 9.59 Å². The Morgan fingerprint density at radius 3 is 2.56 bits per heavy atom. The van der Waals surface area contributed by atoms with Crippen LogP contribution in [-0.4, -0.2) is 16.9 Å². The quantitative estimate of drug-likeness (QED) is 0.541. The van der Waals surface area contributed by atoms with E-state index in [0.29, 0.717) is 10.6 Å². The molecule has 1 heterocycles. The maximum absolute atomic E-state index is 12.2. The summed E-state index contributed by atoms with van der Waals surface area (Å²) < 4.78 is 0. The van der Waals surface area contributed by atoms with Crippen LogP contribution in [0.4, 0.5) is 4.79 Å². The Labute approximate surface area is 149 Å². The highest BCUT2D eigenvalue weighted by atomic mass is 35.5. The maximum Gasteiger partial charge on any atom is 0.333 e. The zero-order valence-corrected chi connectivity index (χ0v) is 14.2. The van der Waals surface area contributed by atoms with Gasteiger partial charge in [0.15, 0.2) is 0 Å². The lowest BCUT2D eigenvalue weighted by molar-refractivity contribution is 0.0937. The van der Waals surface area contributed by atoms with Crippen molar-refractivity contribution in [2.45, 2.75) is 13.0 Å². The summed E-state index contributed by atoms with van der Waals surface area (Å²) in [7, 11) is 0. The van der Waals surface area contributed by atoms with E-state index in [1.165, 1.54) is 0 Å². The largest absolute Gasteiger partial charge is 0.360 e. The highest BCUT2D eigenvalue weighted by Crippen LogP contribution is 2.22. The fraction of sp³-hybridized carbons (Fsp3) is 0.111. The summed E-state index contributed by atoms with van der Waals surface area (Å²) in [5.74, 6) is -0.405. The molecule has 0 spiro atoms. The van der Waals surface area contributed by atoms with E-state index in [4.69, 9.17) is 11.6 Å². The number of halogens is 1. The lowest BCUT2D eigenvalue weighted by Crippen LogP contribution is -2.47. The highest BCUT2D eigenvalue weighted by Gasteiger charge is 2.14. The summed E-state index contributed by atoms with van der Waals surface area (Å²) in [4.78, 5) is 27.2. The van der Waals surface area contributed by atoms with Crippen LogP contribution in [-0.2, 0) is 0 Å². The van der Waals surface area contributed by atoms with Crippen molar-refractivity contribution in [1.29, 1.82) is 0 Å². The third-order valence-electron chi connectivity index (χ3n) is 3.84. The fourth-order valence-electron chi connectivity index (χ4n) is 2.58. The summed E-state index contributed by atoms with van der Waals surface area (Å²) in [6.07, 6.45) is 1.60. The number of carbonyl (C=O) groups excluding carboxylic acids is 2. The summed E-state index contributed by atoms with van der Waals surface area (Å²) in [6.45, 7) is 1.81. The van der Waals surface area contributed by atoms with Gasteiger partial charge in [0, 0.05) is 22.1 Å². The Kier molecular flexibility index (Phi) is 4.90. The summed E-state index contributed by atoms with van der Waals surface area (Å²) in [6, 6.07) is 13.8. The number of amides is 3. The van der Waals surface area contributed by atoms with Crippen molar-refractivity contribution >= 4 is 34.4 Å². The van der Waals surface area contributed by atoms with Gasteiger partial charge >= 0.3 is 6.03 Å². The minimum absolute atomic E-state index is 0.307. The molecule has 0 fully saturated rings. The first-order chi connectivity index (χ1) is 12.1. The van der Waals surface area contributed by atoms with Crippen molar-refractivity contribution in [1.82, 2.24) is 21.2 Å². The average Bonchev–Trinajstić information content (AvgIpc) is 3.04. The second kappa shape index (κ2) is 7.27. The van der Waals surface area contributed by atoms with Crippen LogP contribution >= 0.6 is 11.6 Å². The lowest BCUT2D eigenvalue weighted by Gasteiger charge is -2.16. The topological polar surface area (TPSA) is 86.0 Å². The number of nitrogens with one attached hydrogen (secondary N) is 4. The van der Waals surface area contributed by atoms with Gasteiger partial charge in [-0.1, -0.05) is 48.0 Å². The molecule has 1 unspecified atom stereocenters. The number of aromatic nitrogens is 1. The fourth-order valence-corrected chi connectivity index (χ4v) is 2.88. The molecule has 25 heavy (non-hydrogen) atoms. The van der Waals surface area contributed by atoms with Gasteiger partial charge in [0.05, 0.1) is 11.6 Å². The Balaban J connectivity index is 1.59. The maximum atomic E-state index is 12.2. The molecule has 0 radical (unpaired) electrons. The number of urea groups is 1. The molecule has 6 nitrogen and oxygen atoms in total. The number of aromatic amines is 1. The van der Waals surface area contributed by atoms with Crippen LogP contribution in [0.25, 0.3) is 10.9 Å². The molecule has 2 aromatic carbocycles. The molecule has 3 rings (SSSR count). The van der Waals surface area contributed by atoms with Crippen molar-refractivity contribution in [2.24, 2.45) is 0 Å². The minimum atomic E-state index is -0.527. The average molecular weight is 357 g/mol. The normalized spacial score (nSPS) is 11.8. The molecule has 0 aliphatic carbocycles. The molecule has 0 aliphatic rings. The summed E-state index contributed by atoms with van der Waals surface area (Å²) in [5, 5.41) is 4.07. The van der Waals surface area contributed by atoms with Gasteiger partial charge in [-0.25, -0.2) is 10.2 Å². The van der Waals surface area contributed by atoms with Gasteiger partial charge in [-0.05, 0) is 24.6 Å². The number of fused-ring (bicyclic) bond motifs is 1. The number of carbonyl (C=O) groups is 2. The van der Waals surface area contributed by atoms with Gasteiger partial charge in [0.1, 0.15) is 0 Å². The second-order valence-electron chi connectivity index (χ2n) is 5.54. The Bertz CT molecular complexity index is 922. The van der Waals surface area contributed by atoms with Crippen molar-refractivity contribution in [3.8, 4) is 0 Å². The van der Waals surface area contributed by atoms with Gasteiger partial charge in [-0.15, -0.1) is 0 Å². The van der Waals surface area contributed by atoms with Gasteiger partial charge in [0.2, 0.25) is 0 Å². The molecule has 0 saturated heterocycles. The Morgan fingerprint density at radius 2 is 1.76 bits per heavy atom. The monoisotopic (exact) mass is 356 g/mol. The number of rotatable bonds is 3. The van der Waals surface area contributed by atoms with Gasteiger partial charge in [0.25, 0.3) is 5.91 Å². The molecule has 4 N–H and O–H groups in total. The van der Waals surface area contributed by atoms with Crippen LogP contribution in [0.3, 0.4) is 0 Å². The van der Waals surface area contributed by atoms with Gasteiger partial charge < -0.3 is 10.3 Å². The molecule has 128 valence electrons. The second-order valence-corrected chi connectivity index (χ2v) is 5.95. The number of hydrogen-bond donors (Lipinski definition) is 4. The minimum Gasteiger partial charge on any atom is -0.360 e. The van der Waals surface area contributed by atoms with Gasteiger partial charge in [-0.2, -0.15) is 0 Å². The first kappa shape index (κ1) is 16.9. The zero-order chi connectivity index (χ0) is 17.8. The highest BCUT2D eigenvalue weighted by molar-refractivity contribution is 6.31. The van der Waals surface area contributed by atoms with E-state index in [1.54, 1.807) is 12.3 Å². The predicted octanol–water partition coefficient (Wildman–Crippen LogP) is 3.53. The Hall–Kier alpha value is -2.99. The van der Waals surface area contributed by atoms with Crippen LogP contribution in [0.2, 0.25) is 5.02 Å². The molecule has 3 amide bonds. The molecule has 1 aromatic heterocycles. The number of hydrazine groups is 1. The van der Waals surface area contributed by atoms with Gasteiger partial charge in [-0.3, -0.25) is 10.2 Å².